The predicted molar refractivity (Wildman–Crippen MR) is 70.0 cm³/mol. The lowest BCUT2D eigenvalue weighted by molar-refractivity contribution is -0.149. The van der Waals surface area contributed by atoms with Crippen LogP contribution in [0.2, 0.25) is 0 Å². The summed E-state index contributed by atoms with van der Waals surface area (Å²) in [5.41, 5.74) is 2.42. The van der Waals surface area contributed by atoms with Gasteiger partial charge in [0.25, 0.3) is 0 Å². The van der Waals surface area contributed by atoms with Gasteiger partial charge in [-0.15, -0.1) is 0 Å². The van der Waals surface area contributed by atoms with E-state index in [1.807, 2.05) is 25.1 Å². The third-order valence-electron chi connectivity index (χ3n) is 3.35. The Labute approximate surface area is 107 Å². The number of carboxylic acid groups (broad SMARTS) is 1. The van der Waals surface area contributed by atoms with Gasteiger partial charge in [0.2, 0.25) is 0 Å². The van der Waals surface area contributed by atoms with Crippen molar-refractivity contribution in [1.29, 1.82) is 0 Å². The topological polar surface area (TPSA) is 49.8 Å². The van der Waals surface area contributed by atoms with E-state index in [2.05, 4.69) is 17.9 Å². The molecule has 1 aliphatic rings. The third kappa shape index (κ3) is 2.48. The van der Waals surface area contributed by atoms with Gasteiger partial charge in [-0.2, -0.15) is 0 Å². The van der Waals surface area contributed by atoms with Crippen molar-refractivity contribution in [2.24, 2.45) is 0 Å². The number of carbonyl (C=O) groups is 1. The average Bonchev–Trinajstić information content (AvgIpc) is 2.65. The molecular weight excluding hydrogens is 230 g/mol. The zero-order valence-corrected chi connectivity index (χ0v) is 10.8. The largest absolute Gasteiger partial charge is 0.479 e. The monoisotopic (exact) mass is 249 g/mol. The summed E-state index contributed by atoms with van der Waals surface area (Å²) in [5, 5.41) is 9.15. The number of aliphatic carboxylic acids is 1. The summed E-state index contributed by atoms with van der Waals surface area (Å²) >= 11 is 0. The number of hydrogen-bond acceptors (Lipinski definition) is 3. The van der Waals surface area contributed by atoms with E-state index < -0.39 is 12.1 Å². The van der Waals surface area contributed by atoms with Crippen molar-refractivity contribution in [3.05, 3.63) is 29.8 Å². The molecule has 4 nitrogen and oxygen atoms in total. The zero-order valence-electron chi connectivity index (χ0n) is 10.8. The number of carboxylic acids is 1. The van der Waals surface area contributed by atoms with Gasteiger partial charge in [0.15, 0.2) is 6.10 Å². The van der Waals surface area contributed by atoms with Crippen molar-refractivity contribution in [2.45, 2.75) is 32.4 Å². The van der Waals surface area contributed by atoms with E-state index in [0.29, 0.717) is 19.2 Å². The van der Waals surface area contributed by atoms with Gasteiger partial charge in [-0.1, -0.05) is 18.2 Å². The molecular formula is C14H19NO3. The van der Waals surface area contributed by atoms with Crippen molar-refractivity contribution in [2.75, 3.05) is 18.1 Å². The first-order chi connectivity index (χ1) is 8.63. The summed E-state index contributed by atoms with van der Waals surface area (Å²) in [6.45, 7) is 4.75. The van der Waals surface area contributed by atoms with Crippen LogP contribution >= 0.6 is 0 Å². The lowest BCUT2D eigenvalue weighted by atomic mass is 10.1. The van der Waals surface area contributed by atoms with Gasteiger partial charge in [0, 0.05) is 18.3 Å². The Hall–Kier alpha value is -1.55. The lowest BCUT2D eigenvalue weighted by Gasteiger charge is -2.27. The highest BCUT2D eigenvalue weighted by atomic mass is 16.5. The highest BCUT2D eigenvalue weighted by molar-refractivity contribution is 5.74. The number of rotatable bonds is 5. The van der Waals surface area contributed by atoms with Crippen LogP contribution in [0.3, 0.4) is 0 Å². The molecule has 2 rings (SSSR count). The van der Waals surface area contributed by atoms with Gasteiger partial charge in [-0.25, -0.2) is 4.79 Å². The Balaban J connectivity index is 2.15. The van der Waals surface area contributed by atoms with Crippen LogP contribution in [0.4, 0.5) is 5.69 Å². The van der Waals surface area contributed by atoms with E-state index in [1.165, 1.54) is 5.56 Å². The van der Waals surface area contributed by atoms with Crippen LogP contribution < -0.4 is 4.90 Å². The van der Waals surface area contributed by atoms with Gasteiger partial charge in [0.05, 0.1) is 6.54 Å². The summed E-state index contributed by atoms with van der Waals surface area (Å²) in [6.07, 6.45) is 0.206. The van der Waals surface area contributed by atoms with Crippen LogP contribution in [-0.2, 0) is 16.0 Å². The van der Waals surface area contributed by atoms with E-state index in [9.17, 15) is 4.79 Å². The Kier molecular flexibility index (Phi) is 3.87. The van der Waals surface area contributed by atoms with Crippen LogP contribution in [0, 0.1) is 0 Å². The maximum Gasteiger partial charge on any atom is 0.334 e. The molecule has 1 heterocycles. The number of benzene rings is 1. The molecule has 18 heavy (non-hydrogen) atoms. The molecule has 0 saturated carbocycles. The maximum atomic E-state index is 11.1. The predicted octanol–water partition coefficient (Wildman–Crippen LogP) is 1.93. The van der Waals surface area contributed by atoms with Crippen molar-refractivity contribution < 1.29 is 14.6 Å². The van der Waals surface area contributed by atoms with Crippen molar-refractivity contribution in [1.82, 2.24) is 0 Å². The van der Waals surface area contributed by atoms with E-state index in [0.717, 1.165) is 12.1 Å². The molecule has 0 saturated heterocycles. The fourth-order valence-electron chi connectivity index (χ4n) is 2.49. The molecule has 2 atom stereocenters. The molecule has 0 spiro atoms. The molecule has 1 N–H and O–H groups in total. The first-order valence-corrected chi connectivity index (χ1v) is 6.32. The smallest absolute Gasteiger partial charge is 0.334 e. The Bertz CT molecular complexity index is 433. The van der Waals surface area contributed by atoms with Crippen molar-refractivity contribution in [3.8, 4) is 0 Å². The number of ether oxygens (including phenoxy) is 1. The molecule has 1 aliphatic heterocycles. The molecule has 0 aliphatic carbocycles. The summed E-state index contributed by atoms with van der Waals surface area (Å²) in [7, 11) is 0. The fraction of sp³-hybridized carbons (Fsp3) is 0.500. The van der Waals surface area contributed by atoms with E-state index in [1.54, 1.807) is 0 Å². The van der Waals surface area contributed by atoms with Gasteiger partial charge >= 0.3 is 5.97 Å². The second-order valence-electron chi connectivity index (χ2n) is 4.62. The molecule has 1 aromatic rings. The second kappa shape index (κ2) is 5.40. The molecule has 0 aromatic heterocycles. The Morgan fingerprint density at radius 1 is 1.56 bits per heavy atom. The molecule has 2 unspecified atom stereocenters. The van der Waals surface area contributed by atoms with Crippen LogP contribution in [0.1, 0.15) is 19.4 Å². The third-order valence-corrected chi connectivity index (χ3v) is 3.35. The summed E-state index contributed by atoms with van der Waals surface area (Å²) in [4.78, 5) is 13.3. The molecule has 0 radical (unpaired) electrons. The summed E-state index contributed by atoms with van der Waals surface area (Å²) < 4.78 is 5.29. The van der Waals surface area contributed by atoms with Crippen LogP contribution in [0.15, 0.2) is 24.3 Å². The van der Waals surface area contributed by atoms with Gasteiger partial charge in [-0.3, -0.25) is 0 Å². The molecule has 98 valence electrons. The Morgan fingerprint density at radius 2 is 2.28 bits per heavy atom. The lowest BCUT2D eigenvalue weighted by Crippen LogP contribution is -2.41. The second-order valence-corrected chi connectivity index (χ2v) is 4.62. The minimum absolute atomic E-state index is 0.324. The first-order valence-electron chi connectivity index (χ1n) is 6.32. The SMILES string of the molecule is CCOC(CN1c2ccccc2CC1C)C(=O)O. The number of fused-ring (bicyclic) bond motifs is 1. The summed E-state index contributed by atoms with van der Waals surface area (Å²) in [6, 6.07) is 8.48. The minimum atomic E-state index is -0.895. The number of hydrogen-bond donors (Lipinski definition) is 1. The highest BCUT2D eigenvalue weighted by Gasteiger charge is 2.30. The van der Waals surface area contributed by atoms with E-state index in [4.69, 9.17) is 9.84 Å². The minimum Gasteiger partial charge on any atom is -0.479 e. The quantitative estimate of drug-likeness (QED) is 0.866. The van der Waals surface area contributed by atoms with Crippen LogP contribution in [0.25, 0.3) is 0 Å². The zero-order chi connectivity index (χ0) is 13.1. The van der Waals surface area contributed by atoms with Crippen LogP contribution in [-0.4, -0.2) is 36.4 Å². The van der Waals surface area contributed by atoms with Crippen molar-refractivity contribution >= 4 is 11.7 Å². The molecule has 0 bridgehead atoms. The van der Waals surface area contributed by atoms with Gasteiger partial charge in [-0.05, 0) is 31.9 Å². The first kappa shape index (κ1) is 12.9. The Morgan fingerprint density at radius 3 is 2.94 bits per heavy atom. The molecule has 0 amide bonds. The highest BCUT2D eigenvalue weighted by Crippen LogP contribution is 2.31. The number of para-hydroxylation sites is 1. The molecule has 0 fully saturated rings. The van der Waals surface area contributed by atoms with E-state index in [-0.39, 0.29) is 0 Å². The average molecular weight is 249 g/mol. The maximum absolute atomic E-state index is 11.1. The molecule has 4 heteroatoms. The summed E-state index contributed by atoms with van der Waals surface area (Å²) in [5.74, 6) is -0.895. The van der Waals surface area contributed by atoms with E-state index >= 15 is 0 Å². The fourth-order valence-corrected chi connectivity index (χ4v) is 2.49. The standard InChI is InChI=1S/C14H19NO3/c1-3-18-13(14(16)17)9-15-10(2)8-11-6-4-5-7-12(11)15/h4-7,10,13H,3,8-9H2,1-2H3,(H,16,17). The number of nitrogens with zero attached hydrogens (tertiary/aromatic N) is 1. The van der Waals surface area contributed by atoms with Gasteiger partial charge < -0.3 is 14.7 Å². The van der Waals surface area contributed by atoms with Crippen molar-refractivity contribution in [3.63, 3.8) is 0 Å². The molecule has 1 aromatic carbocycles. The van der Waals surface area contributed by atoms with Crippen LogP contribution in [0.5, 0.6) is 0 Å². The normalized spacial score (nSPS) is 19.7. The van der Waals surface area contributed by atoms with Gasteiger partial charge in [0.1, 0.15) is 0 Å². The number of anilines is 1.